The summed E-state index contributed by atoms with van der Waals surface area (Å²) in [6, 6.07) is 1.60. The highest BCUT2D eigenvalue weighted by Crippen LogP contribution is 2.28. The van der Waals surface area contributed by atoms with Crippen LogP contribution in [0.3, 0.4) is 0 Å². The van der Waals surface area contributed by atoms with E-state index in [9.17, 15) is 0 Å². The van der Waals surface area contributed by atoms with Crippen LogP contribution in [-0.4, -0.2) is 36.6 Å². The monoisotopic (exact) mass is 280 g/mol. The summed E-state index contributed by atoms with van der Waals surface area (Å²) in [6.45, 7) is 13.2. The van der Waals surface area contributed by atoms with Crippen LogP contribution in [0.25, 0.3) is 0 Å². The van der Waals surface area contributed by atoms with Gasteiger partial charge in [0.15, 0.2) is 0 Å². The standard InChI is InChI=1S/C18H36N2/c1-5-15-11-16(19-14-18(2,3)4)13-20(12-15)17-9-7-6-8-10-17/h15-17,19H,5-14H2,1-4H3. The quantitative estimate of drug-likeness (QED) is 0.835. The molecule has 0 amide bonds. The molecule has 0 radical (unpaired) electrons. The van der Waals surface area contributed by atoms with Crippen LogP contribution >= 0.6 is 0 Å². The van der Waals surface area contributed by atoms with E-state index in [0.29, 0.717) is 5.41 Å². The molecule has 2 atom stereocenters. The van der Waals surface area contributed by atoms with E-state index in [1.54, 1.807) is 0 Å². The highest BCUT2D eigenvalue weighted by molar-refractivity contribution is 4.88. The zero-order valence-corrected chi connectivity index (χ0v) is 14.3. The van der Waals surface area contributed by atoms with E-state index in [1.807, 2.05) is 0 Å². The molecule has 2 nitrogen and oxygen atoms in total. The van der Waals surface area contributed by atoms with Crippen molar-refractivity contribution in [3.8, 4) is 0 Å². The highest BCUT2D eigenvalue weighted by atomic mass is 15.2. The van der Waals surface area contributed by atoms with E-state index in [2.05, 4.69) is 37.9 Å². The van der Waals surface area contributed by atoms with Gasteiger partial charge in [-0.2, -0.15) is 0 Å². The van der Waals surface area contributed by atoms with Crippen LogP contribution in [0.5, 0.6) is 0 Å². The molecule has 1 aliphatic carbocycles. The minimum atomic E-state index is 0.398. The fourth-order valence-electron chi connectivity index (χ4n) is 3.88. The van der Waals surface area contributed by atoms with Gasteiger partial charge in [-0.15, -0.1) is 0 Å². The normalized spacial score (nSPS) is 30.6. The molecular weight excluding hydrogens is 244 g/mol. The second-order valence-corrected chi connectivity index (χ2v) is 8.39. The Labute approximate surface area is 126 Å². The average molecular weight is 280 g/mol. The van der Waals surface area contributed by atoms with Crippen LogP contribution in [-0.2, 0) is 0 Å². The molecule has 118 valence electrons. The van der Waals surface area contributed by atoms with Gasteiger partial charge in [-0.1, -0.05) is 53.4 Å². The van der Waals surface area contributed by atoms with Crippen molar-refractivity contribution in [1.29, 1.82) is 0 Å². The van der Waals surface area contributed by atoms with Crippen molar-refractivity contribution in [3.63, 3.8) is 0 Å². The third-order valence-corrected chi connectivity index (χ3v) is 5.15. The van der Waals surface area contributed by atoms with Gasteiger partial charge >= 0.3 is 0 Å². The van der Waals surface area contributed by atoms with Crippen LogP contribution < -0.4 is 5.32 Å². The van der Waals surface area contributed by atoms with Gasteiger partial charge < -0.3 is 5.32 Å². The minimum Gasteiger partial charge on any atom is -0.312 e. The molecule has 2 heteroatoms. The van der Waals surface area contributed by atoms with E-state index >= 15 is 0 Å². The summed E-state index contributed by atoms with van der Waals surface area (Å²) in [5.74, 6) is 0.906. The van der Waals surface area contributed by atoms with Gasteiger partial charge in [0.2, 0.25) is 0 Å². The molecule has 20 heavy (non-hydrogen) atoms. The maximum atomic E-state index is 3.85. The average Bonchev–Trinajstić information content (AvgIpc) is 2.45. The molecule has 0 aromatic rings. The Kier molecular flexibility index (Phi) is 5.92. The summed E-state index contributed by atoms with van der Waals surface area (Å²) >= 11 is 0. The fourth-order valence-corrected chi connectivity index (χ4v) is 3.88. The first kappa shape index (κ1) is 16.3. The molecule has 1 saturated heterocycles. The maximum absolute atomic E-state index is 3.85. The molecule has 1 heterocycles. The molecule has 2 fully saturated rings. The molecule has 0 bridgehead atoms. The van der Waals surface area contributed by atoms with E-state index in [4.69, 9.17) is 0 Å². The first-order valence-electron chi connectivity index (χ1n) is 8.95. The van der Waals surface area contributed by atoms with Crippen LogP contribution in [0.1, 0.15) is 72.6 Å². The molecule has 2 rings (SSSR count). The van der Waals surface area contributed by atoms with Crippen molar-refractivity contribution in [2.24, 2.45) is 11.3 Å². The Balaban J connectivity index is 1.88. The number of hydrogen-bond acceptors (Lipinski definition) is 2. The lowest BCUT2D eigenvalue weighted by Gasteiger charge is -2.44. The Morgan fingerprint density at radius 2 is 1.75 bits per heavy atom. The Morgan fingerprint density at radius 1 is 1.05 bits per heavy atom. The summed E-state index contributed by atoms with van der Waals surface area (Å²) in [7, 11) is 0. The van der Waals surface area contributed by atoms with Gasteiger partial charge in [0.1, 0.15) is 0 Å². The maximum Gasteiger partial charge on any atom is 0.0198 e. The van der Waals surface area contributed by atoms with Crippen LogP contribution in [0.4, 0.5) is 0 Å². The van der Waals surface area contributed by atoms with E-state index in [-0.39, 0.29) is 0 Å². The molecule has 1 aliphatic heterocycles. The minimum absolute atomic E-state index is 0.398. The largest absolute Gasteiger partial charge is 0.312 e. The van der Waals surface area contributed by atoms with Crippen molar-refractivity contribution in [3.05, 3.63) is 0 Å². The third kappa shape index (κ3) is 5.04. The SMILES string of the molecule is CCC1CC(NCC(C)(C)C)CN(C2CCCCC2)C1. The first-order valence-corrected chi connectivity index (χ1v) is 8.95. The van der Waals surface area contributed by atoms with Crippen LogP contribution in [0.2, 0.25) is 0 Å². The predicted molar refractivity (Wildman–Crippen MR) is 88.1 cm³/mol. The molecule has 1 saturated carbocycles. The lowest BCUT2D eigenvalue weighted by Crippen LogP contribution is -2.54. The number of nitrogens with zero attached hydrogens (tertiary/aromatic N) is 1. The smallest absolute Gasteiger partial charge is 0.0198 e. The van der Waals surface area contributed by atoms with Crippen molar-refractivity contribution in [2.75, 3.05) is 19.6 Å². The van der Waals surface area contributed by atoms with Gasteiger partial charge in [-0.3, -0.25) is 4.90 Å². The van der Waals surface area contributed by atoms with Crippen molar-refractivity contribution < 1.29 is 0 Å². The number of likely N-dealkylation sites (tertiary alicyclic amines) is 1. The molecule has 2 unspecified atom stereocenters. The number of piperidine rings is 1. The van der Waals surface area contributed by atoms with E-state index in [1.165, 1.54) is 58.0 Å². The highest BCUT2D eigenvalue weighted by Gasteiger charge is 2.31. The van der Waals surface area contributed by atoms with Crippen molar-refractivity contribution in [2.45, 2.75) is 84.7 Å². The van der Waals surface area contributed by atoms with Crippen molar-refractivity contribution >= 4 is 0 Å². The lowest BCUT2D eigenvalue weighted by molar-refractivity contribution is 0.0736. The predicted octanol–water partition coefficient (Wildman–Crippen LogP) is 4.06. The van der Waals surface area contributed by atoms with Crippen LogP contribution in [0.15, 0.2) is 0 Å². The lowest BCUT2D eigenvalue weighted by atomic mass is 9.87. The first-order chi connectivity index (χ1) is 9.48. The van der Waals surface area contributed by atoms with Gasteiger partial charge in [-0.05, 0) is 30.6 Å². The topological polar surface area (TPSA) is 15.3 Å². The number of hydrogen-bond donors (Lipinski definition) is 1. The Bertz CT molecular complexity index is 276. The number of nitrogens with one attached hydrogen (secondary N) is 1. The summed E-state index contributed by atoms with van der Waals surface area (Å²) in [4.78, 5) is 2.83. The summed E-state index contributed by atoms with van der Waals surface area (Å²) in [5, 5.41) is 3.85. The Morgan fingerprint density at radius 3 is 2.35 bits per heavy atom. The second-order valence-electron chi connectivity index (χ2n) is 8.39. The fraction of sp³-hybridized carbons (Fsp3) is 1.00. The summed E-state index contributed by atoms with van der Waals surface area (Å²) in [6.07, 6.45) is 10.0. The molecule has 0 aromatic carbocycles. The zero-order chi connectivity index (χ0) is 14.6. The van der Waals surface area contributed by atoms with E-state index < -0.39 is 0 Å². The summed E-state index contributed by atoms with van der Waals surface area (Å²) in [5.41, 5.74) is 0.398. The molecule has 1 N–H and O–H groups in total. The number of rotatable bonds is 4. The Hall–Kier alpha value is -0.0800. The van der Waals surface area contributed by atoms with Gasteiger partial charge in [0, 0.05) is 31.7 Å². The summed E-state index contributed by atoms with van der Waals surface area (Å²) < 4.78 is 0. The third-order valence-electron chi connectivity index (χ3n) is 5.15. The van der Waals surface area contributed by atoms with Gasteiger partial charge in [0.25, 0.3) is 0 Å². The van der Waals surface area contributed by atoms with E-state index in [0.717, 1.165) is 24.5 Å². The molecule has 2 aliphatic rings. The van der Waals surface area contributed by atoms with Gasteiger partial charge in [0.05, 0.1) is 0 Å². The van der Waals surface area contributed by atoms with Crippen LogP contribution in [0, 0.1) is 11.3 Å². The van der Waals surface area contributed by atoms with Crippen molar-refractivity contribution in [1.82, 2.24) is 10.2 Å². The molecule has 0 spiro atoms. The van der Waals surface area contributed by atoms with Gasteiger partial charge in [-0.25, -0.2) is 0 Å². The molecular formula is C18H36N2. The molecule has 0 aromatic heterocycles. The zero-order valence-electron chi connectivity index (χ0n) is 14.3. The second kappa shape index (κ2) is 7.26.